The van der Waals surface area contributed by atoms with Gasteiger partial charge in [0, 0.05) is 19.3 Å². The second kappa shape index (κ2) is 6.68. The van der Waals surface area contributed by atoms with Gasteiger partial charge in [-0.1, -0.05) is 6.07 Å². The Morgan fingerprint density at radius 3 is 2.58 bits per heavy atom. The van der Waals surface area contributed by atoms with Crippen LogP contribution in [0.2, 0.25) is 5.28 Å². The highest BCUT2D eigenvalue weighted by Crippen LogP contribution is 2.24. The normalized spacial score (nSPS) is 10.5. The van der Waals surface area contributed by atoms with E-state index in [1.54, 1.807) is 6.20 Å². The molecule has 2 aromatic heterocycles. The molecule has 0 amide bonds. The van der Waals surface area contributed by atoms with Gasteiger partial charge >= 0.3 is 0 Å². The first-order valence-electron chi connectivity index (χ1n) is 5.98. The summed E-state index contributed by atoms with van der Waals surface area (Å²) in [5.41, 5.74) is 0. The molecule has 0 N–H and O–H groups in total. The molecule has 0 aliphatic carbocycles. The Kier molecular flexibility index (Phi) is 4.93. The molecule has 0 aromatic carbocycles. The first-order chi connectivity index (χ1) is 9.22. The third kappa shape index (κ3) is 3.78. The van der Waals surface area contributed by atoms with Gasteiger partial charge in [-0.3, -0.25) is 0 Å². The van der Waals surface area contributed by atoms with Crippen LogP contribution in [0, 0.1) is 0 Å². The van der Waals surface area contributed by atoms with Gasteiger partial charge in [0.2, 0.25) is 11.2 Å². The number of hydrogen-bond acceptors (Lipinski definition) is 6. The molecule has 0 saturated carbocycles. The zero-order valence-electron chi connectivity index (χ0n) is 10.7. The quantitative estimate of drug-likeness (QED) is 0.845. The van der Waals surface area contributed by atoms with Crippen LogP contribution < -0.4 is 4.90 Å². The molecule has 2 aromatic rings. The van der Waals surface area contributed by atoms with E-state index >= 15 is 0 Å². The van der Waals surface area contributed by atoms with Crippen LogP contribution in [0.15, 0.2) is 34.6 Å². The minimum absolute atomic E-state index is 0.204. The van der Waals surface area contributed by atoms with Crippen LogP contribution in [-0.2, 0) is 0 Å². The van der Waals surface area contributed by atoms with Crippen molar-refractivity contribution in [2.75, 3.05) is 18.0 Å². The summed E-state index contributed by atoms with van der Waals surface area (Å²) < 4.78 is 0. The lowest BCUT2D eigenvalue weighted by Crippen LogP contribution is -2.24. The van der Waals surface area contributed by atoms with Crippen molar-refractivity contribution >= 4 is 29.3 Å². The molecule has 19 heavy (non-hydrogen) atoms. The Bertz CT molecular complexity index is 533. The second-order valence-corrected chi connectivity index (χ2v) is 4.95. The van der Waals surface area contributed by atoms with Gasteiger partial charge in [-0.2, -0.15) is 15.0 Å². The molecule has 0 fully saturated rings. The first-order valence-corrected chi connectivity index (χ1v) is 7.17. The summed E-state index contributed by atoms with van der Waals surface area (Å²) in [5.74, 6) is 0.600. The van der Waals surface area contributed by atoms with Crippen LogP contribution in [0.1, 0.15) is 13.8 Å². The van der Waals surface area contributed by atoms with Crippen molar-refractivity contribution in [2.45, 2.75) is 24.0 Å². The average molecular weight is 296 g/mol. The molecular formula is C12H14ClN5S. The number of halogens is 1. The summed E-state index contributed by atoms with van der Waals surface area (Å²) in [5, 5.41) is 1.59. The summed E-state index contributed by atoms with van der Waals surface area (Å²) in [7, 11) is 0. The maximum absolute atomic E-state index is 5.95. The van der Waals surface area contributed by atoms with E-state index in [0.717, 1.165) is 18.1 Å². The molecule has 0 spiro atoms. The van der Waals surface area contributed by atoms with Gasteiger partial charge in [0.15, 0.2) is 5.16 Å². The molecule has 0 bridgehead atoms. The SMILES string of the molecule is CCN(CC)c1nc(Cl)nc(Sc2ccccn2)n1. The summed E-state index contributed by atoms with van der Waals surface area (Å²) >= 11 is 7.32. The molecule has 0 radical (unpaired) electrons. The highest BCUT2D eigenvalue weighted by molar-refractivity contribution is 7.99. The topological polar surface area (TPSA) is 54.8 Å². The van der Waals surface area contributed by atoms with Crippen LogP contribution in [0.3, 0.4) is 0 Å². The van der Waals surface area contributed by atoms with E-state index in [-0.39, 0.29) is 5.28 Å². The van der Waals surface area contributed by atoms with Crippen molar-refractivity contribution < 1.29 is 0 Å². The van der Waals surface area contributed by atoms with Crippen molar-refractivity contribution in [3.63, 3.8) is 0 Å². The molecule has 0 atom stereocenters. The lowest BCUT2D eigenvalue weighted by Gasteiger charge is -2.18. The summed E-state index contributed by atoms with van der Waals surface area (Å²) in [6.07, 6.45) is 1.73. The molecule has 2 heterocycles. The van der Waals surface area contributed by atoms with E-state index in [0.29, 0.717) is 11.1 Å². The highest BCUT2D eigenvalue weighted by Gasteiger charge is 2.11. The molecule has 0 unspecified atom stereocenters. The van der Waals surface area contributed by atoms with E-state index in [9.17, 15) is 0 Å². The fourth-order valence-electron chi connectivity index (χ4n) is 1.52. The number of nitrogens with zero attached hydrogens (tertiary/aromatic N) is 5. The maximum atomic E-state index is 5.95. The van der Waals surface area contributed by atoms with Crippen LogP contribution in [-0.4, -0.2) is 33.0 Å². The highest BCUT2D eigenvalue weighted by atomic mass is 35.5. The maximum Gasteiger partial charge on any atom is 0.230 e. The fourth-order valence-corrected chi connectivity index (χ4v) is 2.43. The number of pyridine rings is 1. The molecular weight excluding hydrogens is 282 g/mol. The molecule has 5 nitrogen and oxygen atoms in total. The van der Waals surface area contributed by atoms with Crippen molar-refractivity contribution in [2.24, 2.45) is 0 Å². The summed E-state index contributed by atoms with van der Waals surface area (Å²) in [6, 6.07) is 5.69. The van der Waals surface area contributed by atoms with Crippen molar-refractivity contribution in [1.82, 2.24) is 19.9 Å². The first kappa shape index (κ1) is 14.0. The molecule has 2 rings (SSSR count). The average Bonchev–Trinajstić information content (AvgIpc) is 2.40. The van der Waals surface area contributed by atoms with Crippen LogP contribution in [0.5, 0.6) is 0 Å². The Morgan fingerprint density at radius 1 is 1.16 bits per heavy atom. The largest absolute Gasteiger partial charge is 0.341 e. The molecule has 100 valence electrons. The number of anilines is 1. The van der Waals surface area contributed by atoms with Gasteiger partial charge in [0.25, 0.3) is 0 Å². The van der Waals surface area contributed by atoms with Crippen LogP contribution in [0.25, 0.3) is 0 Å². The number of hydrogen-bond donors (Lipinski definition) is 0. The van der Waals surface area contributed by atoms with Crippen molar-refractivity contribution in [3.8, 4) is 0 Å². The molecule has 0 aliphatic heterocycles. The zero-order valence-corrected chi connectivity index (χ0v) is 12.3. The van der Waals surface area contributed by atoms with Gasteiger partial charge in [-0.25, -0.2) is 4.98 Å². The minimum atomic E-state index is 0.204. The lowest BCUT2D eigenvalue weighted by atomic mass is 10.5. The van der Waals surface area contributed by atoms with Gasteiger partial charge in [0.1, 0.15) is 5.03 Å². The fraction of sp³-hybridized carbons (Fsp3) is 0.333. The lowest BCUT2D eigenvalue weighted by molar-refractivity contribution is 0.781. The van der Waals surface area contributed by atoms with Crippen molar-refractivity contribution in [1.29, 1.82) is 0 Å². The minimum Gasteiger partial charge on any atom is -0.341 e. The third-order valence-electron chi connectivity index (χ3n) is 2.46. The monoisotopic (exact) mass is 295 g/mol. The van der Waals surface area contributed by atoms with Gasteiger partial charge in [-0.05, 0) is 49.3 Å². The third-order valence-corrected chi connectivity index (χ3v) is 3.44. The van der Waals surface area contributed by atoms with Gasteiger partial charge in [-0.15, -0.1) is 0 Å². The predicted molar refractivity (Wildman–Crippen MR) is 76.8 cm³/mol. The van der Waals surface area contributed by atoms with Crippen LogP contribution in [0.4, 0.5) is 5.95 Å². The van der Waals surface area contributed by atoms with E-state index in [1.807, 2.05) is 36.9 Å². The zero-order chi connectivity index (χ0) is 13.7. The van der Waals surface area contributed by atoms with Gasteiger partial charge < -0.3 is 4.90 Å². The van der Waals surface area contributed by atoms with Crippen LogP contribution >= 0.6 is 23.4 Å². The summed E-state index contributed by atoms with van der Waals surface area (Å²) in [4.78, 5) is 18.9. The van der Waals surface area contributed by atoms with E-state index in [4.69, 9.17) is 11.6 Å². The Labute approximate surface area is 121 Å². The Hall–Kier alpha value is -1.40. The predicted octanol–water partition coefficient (Wildman–Crippen LogP) is 2.92. The van der Waals surface area contributed by atoms with Gasteiger partial charge in [0.05, 0.1) is 0 Å². The molecule has 0 saturated heterocycles. The van der Waals surface area contributed by atoms with E-state index in [1.165, 1.54) is 11.8 Å². The molecule has 0 aliphatic rings. The number of aromatic nitrogens is 4. The number of rotatable bonds is 5. The smallest absolute Gasteiger partial charge is 0.230 e. The molecule has 7 heteroatoms. The van der Waals surface area contributed by atoms with E-state index in [2.05, 4.69) is 19.9 Å². The summed E-state index contributed by atoms with van der Waals surface area (Å²) in [6.45, 7) is 5.74. The second-order valence-electron chi connectivity index (χ2n) is 3.63. The van der Waals surface area contributed by atoms with E-state index < -0.39 is 0 Å². The Balaban J connectivity index is 2.26. The standard InChI is InChI=1S/C12H14ClN5S/c1-3-18(4-2)11-15-10(13)16-12(17-11)19-9-7-5-6-8-14-9/h5-8H,3-4H2,1-2H3. The Morgan fingerprint density at radius 2 is 1.95 bits per heavy atom. The van der Waals surface area contributed by atoms with Crippen molar-refractivity contribution in [3.05, 3.63) is 29.7 Å².